The lowest BCUT2D eigenvalue weighted by Gasteiger charge is -2.13. The van der Waals surface area contributed by atoms with Gasteiger partial charge in [-0.2, -0.15) is 0 Å². The standard InChI is InChI=1S/C27H19F2N5O5S/c1-39-26-22(34-40(37,38)23-10-8-18(28)13-20(23)29)12-17(14-30-26)16-7-9-21-19(11-16)25(36)33-27(31-21)32-24(35)15-5-3-2-4-6-15/h2-14,34H,1H3,(H2,31,32,33,35,36). The van der Waals surface area contributed by atoms with E-state index in [1.165, 1.54) is 25.4 Å². The molecule has 3 aromatic carbocycles. The van der Waals surface area contributed by atoms with Crippen LogP contribution in [0.3, 0.4) is 0 Å². The number of H-pyrrole nitrogens is 1. The summed E-state index contributed by atoms with van der Waals surface area (Å²) in [5.74, 6) is -2.77. The van der Waals surface area contributed by atoms with Crippen LogP contribution in [0.25, 0.3) is 22.0 Å². The van der Waals surface area contributed by atoms with Crippen LogP contribution in [0.1, 0.15) is 10.4 Å². The van der Waals surface area contributed by atoms with Gasteiger partial charge in [0, 0.05) is 23.4 Å². The number of anilines is 2. The van der Waals surface area contributed by atoms with Crippen LogP contribution in [0.2, 0.25) is 0 Å². The number of carbonyl (C=O) groups is 1. The Balaban J connectivity index is 1.47. The molecule has 0 bridgehead atoms. The molecule has 0 fully saturated rings. The summed E-state index contributed by atoms with van der Waals surface area (Å²) < 4.78 is 60.5. The van der Waals surface area contributed by atoms with Gasteiger partial charge in [0.25, 0.3) is 21.5 Å². The zero-order valence-corrected chi connectivity index (χ0v) is 21.4. The maximum atomic E-state index is 14.2. The quantitative estimate of drug-likeness (QED) is 0.268. The monoisotopic (exact) mass is 563 g/mol. The predicted octanol–water partition coefficient (Wildman–Crippen LogP) is 4.33. The maximum absolute atomic E-state index is 14.2. The third-order valence-corrected chi connectivity index (χ3v) is 7.18. The molecule has 0 radical (unpaired) electrons. The summed E-state index contributed by atoms with van der Waals surface area (Å²) in [5, 5.41) is 2.75. The number of pyridine rings is 1. The number of aromatic amines is 1. The van der Waals surface area contributed by atoms with Gasteiger partial charge in [-0.3, -0.25) is 24.6 Å². The number of rotatable bonds is 7. The van der Waals surface area contributed by atoms with Crippen LogP contribution in [-0.2, 0) is 10.0 Å². The van der Waals surface area contributed by atoms with Gasteiger partial charge < -0.3 is 4.74 Å². The summed E-state index contributed by atoms with van der Waals surface area (Å²) in [5.41, 5.74) is 0.913. The van der Waals surface area contributed by atoms with Gasteiger partial charge in [-0.15, -0.1) is 0 Å². The Kier molecular flexibility index (Phi) is 6.96. The fourth-order valence-electron chi connectivity index (χ4n) is 3.89. The van der Waals surface area contributed by atoms with Crippen LogP contribution < -0.4 is 20.3 Å². The molecule has 0 aliphatic carbocycles. The van der Waals surface area contributed by atoms with Crippen LogP contribution in [0.5, 0.6) is 5.88 Å². The summed E-state index contributed by atoms with van der Waals surface area (Å²) in [6.07, 6.45) is 1.40. The van der Waals surface area contributed by atoms with Crippen LogP contribution in [0.15, 0.2) is 88.7 Å². The number of fused-ring (bicyclic) bond motifs is 1. The first-order chi connectivity index (χ1) is 19.1. The van der Waals surface area contributed by atoms with E-state index >= 15 is 0 Å². The number of amides is 1. The van der Waals surface area contributed by atoms with E-state index < -0.39 is 38.0 Å². The molecule has 0 spiro atoms. The summed E-state index contributed by atoms with van der Waals surface area (Å²) >= 11 is 0. The van der Waals surface area contributed by atoms with Crippen LogP contribution in [-0.4, -0.2) is 36.4 Å². The Hall–Kier alpha value is -5.17. The number of carbonyl (C=O) groups excluding carboxylic acids is 1. The highest BCUT2D eigenvalue weighted by Gasteiger charge is 2.22. The molecule has 2 aromatic heterocycles. The SMILES string of the molecule is COc1ncc(-c2ccc3nc(NC(=O)c4ccccc4)[nH]c(=O)c3c2)cc1NS(=O)(=O)c1ccc(F)cc1F. The largest absolute Gasteiger partial charge is 0.480 e. The molecule has 1 amide bonds. The van der Waals surface area contributed by atoms with Gasteiger partial charge in [-0.1, -0.05) is 24.3 Å². The Morgan fingerprint density at radius 3 is 2.48 bits per heavy atom. The molecule has 0 aliphatic heterocycles. The lowest BCUT2D eigenvalue weighted by Crippen LogP contribution is -2.18. The third kappa shape index (κ3) is 5.35. The van der Waals surface area contributed by atoms with Crippen LogP contribution in [0.4, 0.5) is 20.4 Å². The molecule has 0 aliphatic rings. The highest BCUT2D eigenvalue weighted by molar-refractivity contribution is 7.92. The predicted molar refractivity (Wildman–Crippen MR) is 144 cm³/mol. The first kappa shape index (κ1) is 26.4. The summed E-state index contributed by atoms with van der Waals surface area (Å²) in [4.78, 5) is 35.4. The number of sulfonamides is 1. The van der Waals surface area contributed by atoms with Crippen LogP contribution >= 0.6 is 0 Å². The van der Waals surface area contributed by atoms with Crippen molar-refractivity contribution in [2.75, 3.05) is 17.1 Å². The van der Waals surface area contributed by atoms with Crippen molar-refractivity contribution in [1.82, 2.24) is 15.0 Å². The smallest absolute Gasteiger partial charge is 0.264 e. The molecule has 0 saturated carbocycles. The molecular weight excluding hydrogens is 544 g/mol. The van der Waals surface area contributed by atoms with E-state index in [1.54, 1.807) is 42.5 Å². The zero-order valence-electron chi connectivity index (χ0n) is 20.6. The third-order valence-electron chi connectivity index (χ3n) is 5.78. The lowest BCUT2D eigenvalue weighted by molar-refractivity contribution is 0.102. The fraction of sp³-hybridized carbons (Fsp3) is 0.0370. The summed E-state index contributed by atoms with van der Waals surface area (Å²) in [7, 11) is -3.21. The van der Waals surface area contributed by atoms with Crippen LogP contribution in [0, 0.1) is 11.6 Å². The van der Waals surface area contributed by atoms with Crippen molar-refractivity contribution in [3.05, 3.63) is 107 Å². The Morgan fingerprint density at radius 2 is 1.75 bits per heavy atom. The van der Waals surface area contributed by atoms with Crippen molar-refractivity contribution in [3.8, 4) is 17.0 Å². The maximum Gasteiger partial charge on any atom is 0.264 e. The molecule has 0 atom stereocenters. The number of methoxy groups -OCH3 is 1. The van der Waals surface area contributed by atoms with Crippen molar-refractivity contribution < 1.29 is 26.7 Å². The second-order valence-electron chi connectivity index (χ2n) is 8.43. The molecule has 40 heavy (non-hydrogen) atoms. The molecule has 202 valence electrons. The number of ether oxygens (including phenoxy) is 1. The molecule has 3 N–H and O–H groups in total. The van der Waals surface area contributed by atoms with E-state index in [1.807, 2.05) is 0 Å². The van der Waals surface area contributed by atoms with Crippen molar-refractivity contribution >= 4 is 38.5 Å². The zero-order chi connectivity index (χ0) is 28.4. The molecule has 10 nitrogen and oxygen atoms in total. The van der Waals surface area contributed by atoms with E-state index in [0.717, 1.165) is 12.1 Å². The number of nitrogens with zero attached hydrogens (tertiary/aromatic N) is 2. The molecular formula is C27H19F2N5O5S. The first-order valence-corrected chi connectivity index (χ1v) is 13.1. The first-order valence-electron chi connectivity index (χ1n) is 11.6. The number of benzene rings is 3. The number of halogens is 2. The van der Waals surface area contributed by atoms with Gasteiger partial charge in [0.1, 0.15) is 22.2 Å². The van der Waals surface area contributed by atoms with Gasteiger partial charge in [-0.25, -0.2) is 27.2 Å². The van der Waals surface area contributed by atoms with E-state index in [0.29, 0.717) is 28.3 Å². The Morgan fingerprint density at radius 1 is 0.975 bits per heavy atom. The van der Waals surface area contributed by atoms with Gasteiger partial charge in [0.05, 0.1) is 18.0 Å². The normalized spacial score (nSPS) is 11.3. The summed E-state index contributed by atoms with van der Waals surface area (Å²) in [6.45, 7) is 0. The minimum atomic E-state index is -4.48. The molecule has 0 unspecified atom stereocenters. The Labute approximate surface area is 225 Å². The molecule has 13 heteroatoms. The lowest BCUT2D eigenvalue weighted by atomic mass is 10.1. The highest BCUT2D eigenvalue weighted by atomic mass is 32.2. The number of hydrogen-bond donors (Lipinski definition) is 3. The average molecular weight is 564 g/mol. The molecule has 5 rings (SSSR count). The molecule has 2 heterocycles. The highest BCUT2D eigenvalue weighted by Crippen LogP contribution is 2.31. The molecule has 5 aromatic rings. The van der Waals surface area contributed by atoms with Crippen molar-refractivity contribution in [1.29, 1.82) is 0 Å². The van der Waals surface area contributed by atoms with Crippen molar-refractivity contribution in [2.45, 2.75) is 4.90 Å². The van der Waals surface area contributed by atoms with Crippen molar-refractivity contribution in [3.63, 3.8) is 0 Å². The van der Waals surface area contributed by atoms with Gasteiger partial charge in [0.2, 0.25) is 11.8 Å². The van der Waals surface area contributed by atoms with E-state index in [-0.39, 0.29) is 22.9 Å². The average Bonchev–Trinajstić information content (AvgIpc) is 2.93. The number of hydrogen-bond acceptors (Lipinski definition) is 7. The van der Waals surface area contributed by atoms with E-state index in [4.69, 9.17) is 4.74 Å². The number of aromatic nitrogens is 3. The van der Waals surface area contributed by atoms with Gasteiger partial charge >= 0.3 is 0 Å². The van der Waals surface area contributed by atoms with E-state index in [2.05, 4.69) is 25.0 Å². The van der Waals surface area contributed by atoms with Gasteiger partial charge in [0.15, 0.2) is 0 Å². The van der Waals surface area contributed by atoms with Gasteiger partial charge in [-0.05, 0) is 48.0 Å². The summed E-state index contributed by atoms with van der Waals surface area (Å²) in [6, 6.07) is 16.6. The minimum Gasteiger partial charge on any atom is -0.480 e. The van der Waals surface area contributed by atoms with Crippen molar-refractivity contribution in [2.24, 2.45) is 0 Å². The van der Waals surface area contributed by atoms with E-state index in [9.17, 15) is 26.8 Å². The topological polar surface area (TPSA) is 143 Å². The Bertz CT molecular complexity index is 1930. The minimum absolute atomic E-state index is 0.0325. The number of nitrogens with one attached hydrogen (secondary N) is 3. The second-order valence-corrected chi connectivity index (χ2v) is 10.1. The molecule has 0 saturated heterocycles. The fourth-order valence-corrected chi connectivity index (χ4v) is 4.99. The second kappa shape index (κ2) is 10.5.